The summed E-state index contributed by atoms with van der Waals surface area (Å²) in [5.41, 5.74) is 10.3. The topological polar surface area (TPSA) is 160 Å². The van der Waals surface area contributed by atoms with Crippen molar-refractivity contribution < 1.29 is 34.1 Å². The van der Waals surface area contributed by atoms with Gasteiger partial charge in [0.25, 0.3) is 0 Å². The number of nitrogens with two attached hydrogens (primary N) is 1. The number of benzene rings is 5. The minimum Gasteiger partial charge on any atom is -0.507 e. The number of nitrogen functional groups attached to an aromatic ring is 1. The van der Waals surface area contributed by atoms with Crippen molar-refractivity contribution in [2.45, 2.75) is 13.8 Å². The number of rotatable bonds is 8. The number of ketones is 1. The van der Waals surface area contributed by atoms with Gasteiger partial charge in [0.05, 0.1) is 24.8 Å². The fraction of sp³-hybridized carbons (Fsp3) is 0.100. The number of nitriles is 1. The summed E-state index contributed by atoms with van der Waals surface area (Å²) in [7, 11) is 1.51. The quantitative estimate of drug-likeness (QED) is 0.0506. The van der Waals surface area contributed by atoms with E-state index in [4.69, 9.17) is 20.3 Å². The molecule has 0 saturated heterocycles. The van der Waals surface area contributed by atoms with Crippen molar-refractivity contribution in [2.24, 2.45) is 0 Å². The first-order valence-electron chi connectivity index (χ1n) is 15.1. The molecule has 0 aliphatic carbocycles. The van der Waals surface area contributed by atoms with E-state index in [9.17, 15) is 24.8 Å². The number of esters is 1. The minimum atomic E-state index is -0.931. The van der Waals surface area contributed by atoms with Gasteiger partial charge in [-0.25, -0.2) is 9.59 Å². The Labute approximate surface area is 285 Å². The van der Waals surface area contributed by atoms with Gasteiger partial charge >= 0.3 is 11.9 Å². The number of aryl methyl sites for hydroxylation is 1. The molecule has 0 aliphatic heterocycles. The van der Waals surface area contributed by atoms with Gasteiger partial charge in [-0.3, -0.25) is 4.79 Å². The molecule has 0 heterocycles. The van der Waals surface area contributed by atoms with Crippen LogP contribution in [0.1, 0.15) is 49.9 Å². The molecule has 0 amide bonds. The van der Waals surface area contributed by atoms with Crippen LogP contribution in [0.5, 0.6) is 11.5 Å². The number of phenolic OH excluding ortho intramolecular Hbond substituents is 1. The molecular formula is C40H36N2O7. The first-order valence-corrected chi connectivity index (χ1v) is 15.1. The molecule has 0 saturated carbocycles. The minimum absolute atomic E-state index is 0.0225. The maximum atomic E-state index is 12.2. The summed E-state index contributed by atoms with van der Waals surface area (Å²) in [4.78, 5) is 34.5. The summed E-state index contributed by atoms with van der Waals surface area (Å²) in [6, 6.07) is 38.7. The number of methoxy groups -OCH3 is 1. The van der Waals surface area contributed by atoms with E-state index in [2.05, 4.69) is 0 Å². The summed E-state index contributed by atoms with van der Waals surface area (Å²) in [5.74, 6) is -1.27. The third-order valence-corrected chi connectivity index (χ3v) is 6.89. The number of hydrogen-bond acceptors (Lipinski definition) is 8. The van der Waals surface area contributed by atoms with Gasteiger partial charge in [0.15, 0.2) is 5.78 Å². The maximum Gasteiger partial charge on any atom is 0.349 e. The van der Waals surface area contributed by atoms with E-state index < -0.39 is 11.9 Å². The molecule has 49 heavy (non-hydrogen) atoms. The average molecular weight is 657 g/mol. The highest BCUT2D eigenvalue weighted by Gasteiger charge is 2.19. The Balaban J connectivity index is 0.000000211. The Morgan fingerprint density at radius 1 is 0.755 bits per heavy atom. The van der Waals surface area contributed by atoms with Crippen LogP contribution in [0, 0.1) is 18.3 Å². The molecule has 9 heteroatoms. The molecule has 5 aromatic rings. The predicted octanol–water partition coefficient (Wildman–Crippen LogP) is 7.48. The molecule has 9 nitrogen and oxygen atoms in total. The maximum absolute atomic E-state index is 12.2. The number of hydrogen-bond donors (Lipinski definition) is 3. The van der Waals surface area contributed by atoms with Crippen LogP contribution < -0.4 is 10.5 Å². The van der Waals surface area contributed by atoms with E-state index in [0.29, 0.717) is 22.6 Å². The number of phenols is 1. The van der Waals surface area contributed by atoms with Gasteiger partial charge < -0.3 is 25.4 Å². The molecule has 5 rings (SSSR count). The molecule has 0 spiro atoms. The Kier molecular flexibility index (Phi) is 13.9. The van der Waals surface area contributed by atoms with Gasteiger partial charge in [-0.1, -0.05) is 90.5 Å². The lowest BCUT2D eigenvalue weighted by Gasteiger charge is -2.11. The molecule has 0 aliphatic rings. The number of carbonyl (C=O) groups excluding carboxylic acids is 2. The molecule has 0 bridgehead atoms. The van der Waals surface area contributed by atoms with E-state index >= 15 is 0 Å². The SMILES string of the molecule is CCOC(=O)C(C#N)=C(c1ccccc1)c1ccccc1.COc1ccc(C(=O)c2ccc(C)cc2)c(O)c1.Nc1ccc(C(=O)O)cc1. The zero-order chi connectivity index (χ0) is 35.8. The van der Waals surface area contributed by atoms with Crippen LogP contribution in [0.25, 0.3) is 5.57 Å². The number of carboxylic acids is 1. The third-order valence-electron chi connectivity index (χ3n) is 6.89. The normalized spacial score (nSPS) is 9.67. The second-order valence-corrected chi connectivity index (χ2v) is 10.3. The highest BCUT2D eigenvalue weighted by molar-refractivity contribution is 6.10. The van der Waals surface area contributed by atoms with Crippen LogP contribution in [-0.2, 0) is 9.53 Å². The highest BCUT2D eigenvalue weighted by atomic mass is 16.5. The van der Waals surface area contributed by atoms with Gasteiger partial charge in [0.1, 0.15) is 23.1 Å². The number of anilines is 1. The smallest absolute Gasteiger partial charge is 0.349 e. The van der Waals surface area contributed by atoms with Gasteiger partial charge in [-0.2, -0.15) is 5.26 Å². The molecule has 0 aromatic heterocycles. The zero-order valence-corrected chi connectivity index (χ0v) is 27.3. The van der Waals surface area contributed by atoms with Crippen molar-refractivity contribution in [1.29, 1.82) is 5.26 Å². The van der Waals surface area contributed by atoms with E-state index in [-0.39, 0.29) is 34.8 Å². The Morgan fingerprint density at radius 2 is 1.29 bits per heavy atom. The number of aromatic carboxylic acids is 1. The first kappa shape index (κ1) is 36.8. The van der Waals surface area contributed by atoms with E-state index in [0.717, 1.165) is 16.7 Å². The van der Waals surface area contributed by atoms with Gasteiger partial charge in [0.2, 0.25) is 0 Å². The Bertz CT molecular complexity index is 1890. The van der Waals surface area contributed by atoms with Crippen molar-refractivity contribution in [3.8, 4) is 17.6 Å². The van der Waals surface area contributed by atoms with Crippen LogP contribution in [0.15, 0.2) is 133 Å². The molecule has 0 unspecified atom stereocenters. The second-order valence-electron chi connectivity index (χ2n) is 10.3. The second kappa shape index (κ2) is 18.5. The van der Waals surface area contributed by atoms with Gasteiger partial charge in [-0.05, 0) is 61.4 Å². The Hall–Kier alpha value is -6.66. The highest BCUT2D eigenvalue weighted by Crippen LogP contribution is 2.28. The monoisotopic (exact) mass is 656 g/mol. The number of aromatic hydroxyl groups is 1. The molecule has 5 aromatic carbocycles. The lowest BCUT2D eigenvalue weighted by molar-refractivity contribution is -0.137. The van der Waals surface area contributed by atoms with E-state index in [1.165, 1.54) is 25.3 Å². The molecule has 4 N–H and O–H groups in total. The van der Waals surface area contributed by atoms with Crippen molar-refractivity contribution in [2.75, 3.05) is 19.5 Å². The molecule has 0 radical (unpaired) electrons. The van der Waals surface area contributed by atoms with Crippen LogP contribution in [0.4, 0.5) is 5.69 Å². The fourth-order valence-electron chi connectivity index (χ4n) is 4.39. The largest absolute Gasteiger partial charge is 0.507 e. The molecular weight excluding hydrogens is 620 g/mol. The predicted molar refractivity (Wildman–Crippen MR) is 188 cm³/mol. The average Bonchev–Trinajstić information content (AvgIpc) is 3.12. The van der Waals surface area contributed by atoms with Crippen molar-refractivity contribution >= 4 is 29.0 Å². The van der Waals surface area contributed by atoms with Crippen LogP contribution >= 0.6 is 0 Å². The Morgan fingerprint density at radius 3 is 1.73 bits per heavy atom. The standard InChI is InChI=1S/C18H15NO2.C15H14O3.C7H7NO2/c1-2-21-18(20)16(13-19)17(14-9-5-3-6-10-14)15-11-7-4-8-12-15;1-10-3-5-11(6-4-10)15(17)13-8-7-12(18-2)9-14(13)16;8-6-3-1-5(2-4-6)7(9)10/h3-12H,2H2,1H3;3-9,16H,1-2H3;1-4H,8H2,(H,9,10). The van der Waals surface area contributed by atoms with Gasteiger partial charge in [-0.15, -0.1) is 0 Å². The van der Waals surface area contributed by atoms with Gasteiger partial charge in [0, 0.05) is 22.9 Å². The molecule has 0 atom stereocenters. The van der Waals surface area contributed by atoms with Crippen LogP contribution in [0.2, 0.25) is 0 Å². The number of carbonyl (C=O) groups is 3. The summed E-state index contributed by atoms with van der Waals surface area (Å²) in [6.45, 7) is 3.91. The van der Waals surface area contributed by atoms with E-state index in [1.54, 1.807) is 43.3 Å². The van der Waals surface area contributed by atoms with E-state index in [1.807, 2.05) is 85.8 Å². The summed E-state index contributed by atoms with van der Waals surface area (Å²) >= 11 is 0. The van der Waals surface area contributed by atoms with Crippen molar-refractivity contribution in [3.05, 3.63) is 166 Å². The summed E-state index contributed by atoms with van der Waals surface area (Å²) in [6.07, 6.45) is 0. The molecule has 0 fully saturated rings. The summed E-state index contributed by atoms with van der Waals surface area (Å²) < 4.78 is 9.98. The van der Waals surface area contributed by atoms with Crippen molar-refractivity contribution in [1.82, 2.24) is 0 Å². The van der Waals surface area contributed by atoms with Crippen LogP contribution in [-0.4, -0.2) is 41.7 Å². The van der Waals surface area contributed by atoms with Crippen LogP contribution in [0.3, 0.4) is 0 Å². The number of nitrogens with zero attached hydrogens (tertiary/aromatic N) is 1. The molecule has 248 valence electrons. The number of ether oxygens (including phenoxy) is 2. The zero-order valence-electron chi connectivity index (χ0n) is 27.3. The first-order chi connectivity index (χ1) is 23.6. The lowest BCUT2D eigenvalue weighted by Crippen LogP contribution is -2.09. The number of carboxylic acid groups (broad SMARTS) is 1. The third kappa shape index (κ3) is 10.7. The van der Waals surface area contributed by atoms with Crippen molar-refractivity contribution in [3.63, 3.8) is 0 Å². The fourth-order valence-corrected chi connectivity index (χ4v) is 4.39. The summed E-state index contributed by atoms with van der Waals surface area (Å²) in [5, 5.41) is 27.7. The lowest BCUT2D eigenvalue weighted by atomic mass is 9.93.